The number of piperidine rings is 1. The summed E-state index contributed by atoms with van der Waals surface area (Å²) in [6.07, 6.45) is 4.13. The fourth-order valence-corrected chi connectivity index (χ4v) is 4.88. The van der Waals surface area contributed by atoms with Crippen molar-refractivity contribution in [2.75, 3.05) is 6.54 Å². The van der Waals surface area contributed by atoms with Crippen molar-refractivity contribution < 1.29 is 4.79 Å². The molecule has 2 aliphatic rings. The minimum absolute atomic E-state index is 0.0480. The van der Waals surface area contributed by atoms with Crippen molar-refractivity contribution in [2.45, 2.75) is 34.0 Å². The van der Waals surface area contributed by atoms with Crippen LogP contribution >= 0.6 is 23.1 Å². The Labute approximate surface area is 137 Å². The molecule has 1 aromatic carbocycles. The van der Waals surface area contributed by atoms with E-state index in [0.29, 0.717) is 18.0 Å². The first-order valence-electron chi connectivity index (χ1n) is 7.48. The molecule has 2 fully saturated rings. The second-order valence-corrected chi connectivity index (χ2v) is 8.12. The van der Waals surface area contributed by atoms with Crippen molar-refractivity contribution in [3.63, 3.8) is 0 Å². The maximum absolute atomic E-state index is 12.4. The molecule has 1 saturated heterocycles. The minimum Gasteiger partial charge on any atom is -0.349 e. The van der Waals surface area contributed by atoms with Crippen LogP contribution in [-0.2, 0) is 0 Å². The zero-order valence-corrected chi connectivity index (χ0v) is 13.6. The number of hydrogen-bond donors (Lipinski definition) is 2. The van der Waals surface area contributed by atoms with E-state index < -0.39 is 0 Å². The standard InChI is InChI=1S/C16H17N3OS2/c20-16(19-14-6-12-5-11(14)7-18-12)10-1-3-13(4-2-10)22-15-8-17-9-21-15/h1-4,8-9,11-12,14,18H,5-7H2,(H,19,20). The normalized spacial score (nSPS) is 26.3. The van der Waals surface area contributed by atoms with Gasteiger partial charge in [0.2, 0.25) is 0 Å². The SMILES string of the molecule is O=C(NC1CC2CC1CN2)c1ccc(Sc2cncs2)cc1. The highest BCUT2D eigenvalue weighted by atomic mass is 32.2. The van der Waals surface area contributed by atoms with E-state index in [9.17, 15) is 4.79 Å². The summed E-state index contributed by atoms with van der Waals surface area (Å²) in [6, 6.07) is 8.76. The summed E-state index contributed by atoms with van der Waals surface area (Å²) in [5.74, 6) is 0.655. The van der Waals surface area contributed by atoms with Gasteiger partial charge in [-0.25, -0.2) is 0 Å². The number of fused-ring (bicyclic) bond motifs is 2. The third kappa shape index (κ3) is 2.91. The highest BCUT2D eigenvalue weighted by Crippen LogP contribution is 2.32. The lowest BCUT2D eigenvalue weighted by atomic mass is 10.0. The Morgan fingerprint density at radius 2 is 2.18 bits per heavy atom. The van der Waals surface area contributed by atoms with Crippen LogP contribution in [-0.4, -0.2) is 29.5 Å². The van der Waals surface area contributed by atoms with Gasteiger partial charge in [-0.2, -0.15) is 0 Å². The van der Waals surface area contributed by atoms with E-state index in [0.717, 1.165) is 27.6 Å². The van der Waals surface area contributed by atoms with Gasteiger partial charge in [0.05, 0.1) is 15.9 Å². The largest absolute Gasteiger partial charge is 0.349 e. The molecule has 1 aliphatic carbocycles. The van der Waals surface area contributed by atoms with Crippen molar-refractivity contribution in [1.29, 1.82) is 0 Å². The molecule has 114 valence electrons. The van der Waals surface area contributed by atoms with Crippen LogP contribution in [0.2, 0.25) is 0 Å². The Morgan fingerprint density at radius 1 is 1.32 bits per heavy atom. The van der Waals surface area contributed by atoms with E-state index in [1.165, 1.54) is 6.42 Å². The van der Waals surface area contributed by atoms with Crippen molar-refractivity contribution in [3.8, 4) is 0 Å². The number of thiazole rings is 1. The molecule has 22 heavy (non-hydrogen) atoms. The van der Waals surface area contributed by atoms with Gasteiger partial charge in [0.25, 0.3) is 5.91 Å². The molecule has 3 unspecified atom stereocenters. The first kappa shape index (κ1) is 14.2. The van der Waals surface area contributed by atoms with Crippen molar-refractivity contribution >= 4 is 29.0 Å². The third-order valence-corrected chi connectivity index (χ3v) is 6.34. The number of aromatic nitrogens is 1. The molecule has 1 amide bonds. The second kappa shape index (κ2) is 6.02. The van der Waals surface area contributed by atoms with Gasteiger partial charge >= 0.3 is 0 Å². The molecule has 1 aliphatic heterocycles. The molecular weight excluding hydrogens is 314 g/mol. The van der Waals surface area contributed by atoms with Crippen molar-refractivity contribution in [3.05, 3.63) is 41.5 Å². The monoisotopic (exact) mass is 331 g/mol. The molecule has 3 atom stereocenters. The number of nitrogens with one attached hydrogen (secondary N) is 2. The summed E-state index contributed by atoms with van der Waals surface area (Å²) in [6.45, 7) is 1.04. The van der Waals surface area contributed by atoms with Crippen LogP contribution in [0.15, 0.2) is 45.1 Å². The Bertz CT molecular complexity index is 657. The topological polar surface area (TPSA) is 54.0 Å². The van der Waals surface area contributed by atoms with Gasteiger partial charge in [0.1, 0.15) is 0 Å². The quantitative estimate of drug-likeness (QED) is 0.904. The highest BCUT2D eigenvalue weighted by Gasteiger charge is 2.39. The maximum atomic E-state index is 12.4. The Hall–Kier alpha value is -1.37. The molecule has 1 aromatic heterocycles. The van der Waals surface area contributed by atoms with Crippen LogP contribution in [0.5, 0.6) is 0 Å². The summed E-state index contributed by atoms with van der Waals surface area (Å²) in [5.41, 5.74) is 2.57. The maximum Gasteiger partial charge on any atom is 0.251 e. The minimum atomic E-state index is 0.0480. The van der Waals surface area contributed by atoms with Gasteiger partial charge in [-0.05, 0) is 43.0 Å². The van der Waals surface area contributed by atoms with Gasteiger partial charge in [-0.3, -0.25) is 9.78 Å². The third-order valence-electron chi connectivity index (χ3n) is 4.42. The van der Waals surface area contributed by atoms with Gasteiger partial charge in [-0.1, -0.05) is 11.8 Å². The van der Waals surface area contributed by atoms with E-state index in [1.54, 1.807) is 23.1 Å². The number of nitrogens with zero attached hydrogens (tertiary/aromatic N) is 1. The lowest BCUT2D eigenvalue weighted by molar-refractivity contribution is 0.0925. The molecule has 2 N–H and O–H groups in total. The predicted molar refractivity (Wildman–Crippen MR) is 88.4 cm³/mol. The number of benzene rings is 1. The molecular formula is C16H17N3OS2. The van der Waals surface area contributed by atoms with E-state index in [4.69, 9.17) is 0 Å². The molecule has 2 heterocycles. The van der Waals surface area contributed by atoms with Crippen molar-refractivity contribution in [1.82, 2.24) is 15.6 Å². The van der Waals surface area contributed by atoms with Crippen LogP contribution in [0.3, 0.4) is 0 Å². The zero-order chi connectivity index (χ0) is 14.9. The fourth-order valence-electron chi connectivity index (χ4n) is 3.31. The van der Waals surface area contributed by atoms with E-state index in [2.05, 4.69) is 15.6 Å². The Balaban J connectivity index is 1.38. The smallest absolute Gasteiger partial charge is 0.251 e. The second-order valence-electron chi connectivity index (χ2n) is 5.86. The number of carbonyl (C=O) groups is 1. The molecule has 6 heteroatoms. The van der Waals surface area contributed by atoms with Gasteiger partial charge in [0.15, 0.2) is 0 Å². The molecule has 0 spiro atoms. The number of hydrogen-bond acceptors (Lipinski definition) is 5. The molecule has 2 aromatic rings. The summed E-state index contributed by atoms with van der Waals surface area (Å²) in [5, 5.41) is 6.67. The van der Waals surface area contributed by atoms with E-state index in [-0.39, 0.29) is 5.91 Å². The summed E-state index contributed by atoms with van der Waals surface area (Å²) < 4.78 is 1.16. The number of rotatable bonds is 4. The van der Waals surface area contributed by atoms with Gasteiger partial charge in [0, 0.05) is 29.1 Å². The lowest BCUT2D eigenvalue weighted by Gasteiger charge is -2.23. The number of carbonyl (C=O) groups excluding carboxylic acids is 1. The van der Waals surface area contributed by atoms with E-state index >= 15 is 0 Å². The molecule has 4 nitrogen and oxygen atoms in total. The first-order valence-corrected chi connectivity index (χ1v) is 9.18. The molecule has 2 bridgehead atoms. The van der Waals surface area contributed by atoms with Crippen LogP contribution in [0.25, 0.3) is 0 Å². The van der Waals surface area contributed by atoms with Gasteiger partial charge in [-0.15, -0.1) is 11.3 Å². The molecule has 0 radical (unpaired) electrons. The van der Waals surface area contributed by atoms with Crippen molar-refractivity contribution in [2.24, 2.45) is 5.92 Å². The Morgan fingerprint density at radius 3 is 2.82 bits per heavy atom. The average molecular weight is 331 g/mol. The first-order chi connectivity index (χ1) is 10.8. The van der Waals surface area contributed by atoms with Gasteiger partial charge < -0.3 is 10.6 Å². The molecule has 1 saturated carbocycles. The van der Waals surface area contributed by atoms with Crippen LogP contribution in [0.4, 0.5) is 0 Å². The Kier molecular flexibility index (Phi) is 3.90. The van der Waals surface area contributed by atoms with Crippen LogP contribution in [0.1, 0.15) is 23.2 Å². The summed E-state index contributed by atoms with van der Waals surface area (Å²) in [4.78, 5) is 17.6. The average Bonchev–Trinajstić information content (AvgIpc) is 3.25. The summed E-state index contributed by atoms with van der Waals surface area (Å²) >= 11 is 3.30. The fraction of sp³-hybridized carbons (Fsp3) is 0.375. The highest BCUT2D eigenvalue weighted by molar-refractivity contribution is 8.01. The lowest BCUT2D eigenvalue weighted by Crippen LogP contribution is -2.44. The zero-order valence-electron chi connectivity index (χ0n) is 12.0. The van der Waals surface area contributed by atoms with E-state index in [1.807, 2.05) is 36.0 Å². The summed E-state index contributed by atoms with van der Waals surface area (Å²) in [7, 11) is 0. The molecule has 4 rings (SSSR count). The predicted octanol–water partition coefficient (Wildman–Crippen LogP) is 2.77. The number of amides is 1. The van der Waals surface area contributed by atoms with Crippen LogP contribution in [0, 0.1) is 5.92 Å². The van der Waals surface area contributed by atoms with Crippen LogP contribution < -0.4 is 10.6 Å².